The molecule has 3 rings (SSSR count). The summed E-state index contributed by atoms with van der Waals surface area (Å²) in [6.45, 7) is 6.14. The molecular formula is C18H22N4O2. The Morgan fingerprint density at radius 3 is 2.17 bits per heavy atom. The number of nitro benzene ring substituents is 1. The quantitative estimate of drug-likeness (QED) is 0.602. The molecule has 0 radical (unpaired) electrons. The summed E-state index contributed by atoms with van der Waals surface area (Å²) < 4.78 is 0. The van der Waals surface area contributed by atoms with Gasteiger partial charge in [0.2, 0.25) is 0 Å². The molecule has 2 aromatic rings. The maximum atomic E-state index is 10.7. The van der Waals surface area contributed by atoms with Crippen LogP contribution in [0, 0.1) is 10.1 Å². The number of non-ortho nitro benzene ring substituents is 1. The first-order chi connectivity index (χ1) is 11.7. The Bertz CT molecular complexity index is 652. The van der Waals surface area contributed by atoms with Crippen molar-refractivity contribution in [1.29, 1.82) is 0 Å². The van der Waals surface area contributed by atoms with Crippen molar-refractivity contribution in [2.75, 3.05) is 32.7 Å². The first-order valence-electron chi connectivity index (χ1n) is 8.28. The lowest BCUT2D eigenvalue weighted by Crippen LogP contribution is -2.46. The highest BCUT2D eigenvalue weighted by Crippen LogP contribution is 2.14. The minimum Gasteiger partial charge on any atom is -0.300 e. The maximum absolute atomic E-state index is 10.7. The van der Waals surface area contributed by atoms with Gasteiger partial charge >= 0.3 is 0 Å². The molecular weight excluding hydrogens is 304 g/mol. The summed E-state index contributed by atoms with van der Waals surface area (Å²) in [5.41, 5.74) is 2.61. The van der Waals surface area contributed by atoms with Crippen molar-refractivity contribution < 1.29 is 4.92 Å². The molecule has 1 aromatic carbocycles. The van der Waals surface area contributed by atoms with Crippen molar-refractivity contribution in [2.45, 2.75) is 13.0 Å². The monoisotopic (exact) mass is 326 g/mol. The van der Waals surface area contributed by atoms with Gasteiger partial charge in [-0.05, 0) is 29.7 Å². The van der Waals surface area contributed by atoms with Crippen LogP contribution >= 0.6 is 0 Å². The number of benzene rings is 1. The molecule has 1 aliphatic rings. The van der Waals surface area contributed by atoms with Crippen molar-refractivity contribution in [3.05, 3.63) is 70.0 Å². The van der Waals surface area contributed by atoms with E-state index in [1.165, 1.54) is 5.56 Å². The second-order valence-corrected chi connectivity index (χ2v) is 6.15. The van der Waals surface area contributed by atoms with Gasteiger partial charge in [0.15, 0.2) is 0 Å². The summed E-state index contributed by atoms with van der Waals surface area (Å²) in [5, 5.41) is 10.7. The lowest BCUT2D eigenvalue weighted by atomic mass is 10.1. The fraction of sp³-hybridized carbons (Fsp3) is 0.389. The standard InChI is InChI=1S/C18H22N4O2/c23-22(24)18-3-1-17(2-4-18)15-21-13-11-20(12-14-21)10-7-16-5-8-19-9-6-16/h1-6,8-9H,7,10-15H2. The number of hydrogen-bond acceptors (Lipinski definition) is 5. The zero-order valence-corrected chi connectivity index (χ0v) is 13.7. The van der Waals surface area contributed by atoms with Crippen molar-refractivity contribution >= 4 is 5.69 Å². The van der Waals surface area contributed by atoms with Gasteiger partial charge in [0.1, 0.15) is 0 Å². The number of aromatic nitrogens is 1. The van der Waals surface area contributed by atoms with E-state index in [1.54, 1.807) is 12.1 Å². The largest absolute Gasteiger partial charge is 0.300 e. The van der Waals surface area contributed by atoms with Crippen LogP contribution in [0.4, 0.5) is 5.69 Å². The van der Waals surface area contributed by atoms with Gasteiger partial charge in [-0.25, -0.2) is 0 Å². The summed E-state index contributed by atoms with van der Waals surface area (Å²) in [6, 6.07) is 11.0. The van der Waals surface area contributed by atoms with Gasteiger partial charge in [0.25, 0.3) is 5.69 Å². The van der Waals surface area contributed by atoms with Crippen LogP contribution in [0.5, 0.6) is 0 Å². The van der Waals surface area contributed by atoms with E-state index < -0.39 is 0 Å². The van der Waals surface area contributed by atoms with Gasteiger partial charge in [-0.1, -0.05) is 12.1 Å². The summed E-state index contributed by atoms with van der Waals surface area (Å²) in [4.78, 5) is 19.3. The topological polar surface area (TPSA) is 62.5 Å². The van der Waals surface area contributed by atoms with E-state index in [4.69, 9.17) is 0 Å². The van der Waals surface area contributed by atoms with E-state index >= 15 is 0 Å². The van der Waals surface area contributed by atoms with Crippen molar-refractivity contribution in [3.8, 4) is 0 Å². The molecule has 1 saturated heterocycles. The van der Waals surface area contributed by atoms with E-state index in [2.05, 4.69) is 26.9 Å². The fourth-order valence-corrected chi connectivity index (χ4v) is 2.99. The second-order valence-electron chi connectivity index (χ2n) is 6.15. The van der Waals surface area contributed by atoms with Crippen LogP contribution in [0.1, 0.15) is 11.1 Å². The molecule has 0 unspecified atom stereocenters. The third-order valence-corrected chi connectivity index (χ3v) is 4.48. The summed E-state index contributed by atoms with van der Waals surface area (Å²) >= 11 is 0. The van der Waals surface area contributed by atoms with Gasteiger partial charge in [0.05, 0.1) is 4.92 Å². The molecule has 126 valence electrons. The van der Waals surface area contributed by atoms with Crippen LogP contribution in [0.3, 0.4) is 0 Å². The number of hydrogen-bond donors (Lipinski definition) is 0. The highest BCUT2D eigenvalue weighted by atomic mass is 16.6. The van der Waals surface area contributed by atoms with Crippen molar-refractivity contribution in [2.24, 2.45) is 0 Å². The highest BCUT2D eigenvalue weighted by molar-refractivity contribution is 5.32. The fourth-order valence-electron chi connectivity index (χ4n) is 2.99. The van der Waals surface area contributed by atoms with Crippen molar-refractivity contribution in [1.82, 2.24) is 14.8 Å². The van der Waals surface area contributed by atoms with Crippen LogP contribution in [0.25, 0.3) is 0 Å². The lowest BCUT2D eigenvalue weighted by molar-refractivity contribution is -0.384. The predicted molar refractivity (Wildman–Crippen MR) is 92.8 cm³/mol. The molecule has 0 spiro atoms. The number of pyridine rings is 1. The minimum absolute atomic E-state index is 0.152. The molecule has 1 aliphatic heterocycles. The number of nitrogens with zero attached hydrogens (tertiary/aromatic N) is 4. The Kier molecular flexibility index (Phi) is 5.51. The van der Waals surface area contributed by atoms with Gasteiger partial charge in [0, 0.05) is 63.8 Å². The number of rotatable bonds is 6. The molecule has 0 aliphatic carbocycles. The molecule has 0 saturated carbocycles. The third-order valence-electron chi connectivity index (χ3n) is 4.48. The van der Waals surface area contributed by atoms with Gasteiger partial charge in [-0.2, -0.15) is 0 Å². The second kappa shape index (κ2) is 7.99. The van der Waals surface area contributed by atoms with E-state index in [0.717, 1.165) is 51.3 Å². The molecule has 2 heterocycles. The zero-order chi connectivity index (χ0) is 16.8. The van der Waals surface area contributed by atoms with Crippen molar-refractivity contribution in [3.63, 3.8) is 0 Å². The van der Waals surface area contributed by atoms with Gasteiger partial charge < -0.3 is 4.90 Å². The Labute approximate surface area is 141 Å². The number of nitro groups is 1. The summed E-state index contributed by atoms with van der Waals surface area (Å²) in [5.74, 6) is 0. The Balaban J connectivity index is 1.42. The first kappa shape index (κ1) is 16.5. The van der Waals surface area contributed by atoms with Crippen LogP contribution in [-0.2, 0) is 13.0 Å². The molecule has 1 fully saturated rings. The minimum atomic E-state index is -0.356. The molecule has 6 nitrogen and oxygen atoms in total. The molecule has 0 N–H and O–H groups in total. The van der Waals surface area contributed by atoms with Crippen LogP contribution in [-0.4, -0.2) is 52.4 Å². The van der Waals surface area contributed by atoms with Crippen LogP contribution in [0.2, 0.25) is 0 Å². The molecule has 0 amide bonds. The van der Waals surface area contributed by atoms with E-state index in [1.807, 2.05) is 24.5 Å². The summed E-state index contributed by atoms with van der Waals surface area (Å²) in [6.07, 6.45) is 4.75. The molecule has 0 atom stereocenters. The zero-order valence-electron chi connectivity index (χ0n) is 13.7. The molecule has 24 heavy (non-hydrogen) atoms. The Hall–Kier alpha value is -2.31. The maximum Gasteiger partial charge on any atom is 0.269 e. The van der Waals surface area contributed by atoms with Gasteiger partial charge in [-0.3, -0.25) is 20.0 Å². The Morgan fingerprint density at radius 2 is 1.54 bits per heavy atom. The average Bonchev–Trinajstić information content (AvgIpc) is 2.62. The molecule has 0 bridgehead atoms. The first-order valence-corrected chi connectivity index (χ1v) is 8.28. The smallest absolute Gasteiger partial charge is 0.269 e. The average molecular weight is 326 g/mol. The number of piperazine rings is 1. The lowest BCUT2D eigenvalue weighted by Gasteiger charge is -2.34. The normalized spacial score (nSPS) is 16.2. The molecule has 1 aromatic heterocycles. The van der Waals surface area contributed by atoms with Crippen LogP contribution in [0.15, 0.2) is 48.8 Å². The SMILES string of the molecule is O=[N+]([O-])c1ccc(CN2CCN(CCc3ccncc3)CC2)cc1. The predicted octanol–water partition coefficient (Wildman–Crippen LogP) is 2.35. The Morgan fingerprint density at radius 1 is 0.917 bits per heavy atom. The van der Waals surface area contributed by atoms with Crippen LogP contribution < -0.4 is 0 Å². The van der Waals surface area contributed by atoms with E-state index in [0.29, 0.717) is 0 Å². The van der Waals surface area contributed by atoms with Gasteiger partial charge in [-0.15, -0.1) is 0 Å². The van der Waals surface area contributed by atoms with E-state index in [9.17, 15) is 10.1 Å². The highest BCUT2D eigenvalue weighted by Gasteiger charge is 2.17. The third kappa shape index (κ3) is 4.59. The molecule has 6 heteroatoms. The summed E-state index contributed by atoms with van der Waals surface area (Å²) in [7, 11) is 0. The van der Waals surface area contributed by atoms with E-state index in [-0.39, 0.29) is 10.6 Å².